The van der Waals surface area contributed by atoms with Gasteiger partial charge in [-0.25, -0.2) is 4.98 Å². The van der Waals surface area contributed by atoms with Gasteiger partial charge in [-0.1, -0.05) is 60.7 Å². The number of hydrogen-bond donors (Lipinski definition) is 1. The molecule has 0 amide bonds. The molecule has 0 fully saturated rings. The second-order valence-corrected chi connectivity index (χ2v) is 5.01. The maximum Gasteiger partial charge on any atom is 0.164 e. The van der Waals surface area contributed by atoms with Gasteiger partial charge in [0.1, 0.15) is 6.07 Å². The molecule has 0 saturated heterocycles. The van der Waals surface area contributed by atoms with E-state index in [0.29, 0.717) is 24.6 Å². The van der Waals surface area contributed by atoms with Crippen molar-refractivity contribution in [1.29, 1.82) is 5.26 Å². The van der Waals surface area contributed by atoms with E-state index < -0.39 is 0 Å². The topological polar surface area (TPSA) is 53.6 Å². The maximum absolute atomic E-state index is 9.41. The summed E-state index contributed by atoms with van der Waals surface area (Å²) in [5, 5.41) is 12.6. The quantitative estimate of drug-likeness (QED) is 0.782. The monoisotopic (exact) mass is 288 g/mol. The predicted molar refractivity (Wildman–Crippen MR) is 86.3 cm³/mol. The van der Waals surface area contributed by atoms with Crippen molar-refractivity contribution in [1.82, 2.24) is 9.55 Å². The summed E-state index contributed by atoms with van der Waals surface area (Å²) in [5.74, 6) is 0.627. The lowest BCUT2D eigenvalue weighted by Gasteiger charge is -2.06. The Morgan fingerprint density at radius 1 is 0.955 bits per heavy atom. The van der Waals surface area contributed by atoms with Gasteiger partial charge >= 0.3 is 0 Å². The third kappa shape index (κ3) is 3.15. The van der Waals surface area contributed by atoms with E-state index in [9.17, 15) is 5.26 Å². The molecule has 22 heavy (non-hydrogen) atoms. The van der Waals surface area contributed by atoms with Crippen LogP contribution in [-0.2, 0) is 13.1 Å². The highest BCUT2D eigenvalue weighted by Gasteiger charge is 2.10. The Labute approximate surface area is 129 Å². The fraction of sp³-hybridized carbons (Fsp3) is 0.111. The minimum Gasteiger partial charge on any atom is -0.364 e. The summed E-state index contributed by atoms with van der Waals surface area (Å²) >= 11 is 0. The van der Waals surface area contributed by atoms with Gasteiger partial charge in [0.05, 0.1) is 6.33 Å². The van der Waals surface area contributed by atoms with Crippen LogP contribution in [0.2, 0.25) is 0 Å². The van der Waals surface area contributed by atoms with Crippen molar-refractivity contribution in [2.75, 3.05) is 5.32 Å². The summed E-state index contributed by atoms with van der Waals surface area (Å²) in [6.45, 7) is 1.29. The Bertz CT molecular complexity index is 770. The van der Waals surface area contributed by atoms with Crippen LogP contribution in [0.25, 0.3) is 0 Å². The normalized spacial score (nSPS) is 10.1. The van der Waals surface area contributed by atoms with Gasteiger partial charge in [0, 0.05) is 13.1 Å². The van der Waals surface area contributed by atoms with Crippen molar-refractivity contribution in [2.45, 2.75) is 13.1 Å². The van der Waals surface area contributed by atoms with E-state index in [-0.39, 0.29) is 0 Å². The number of benzene rings is 2. The van der Waals surface area contributed by atoms with Crippen molar-refractivity contribution in [3.63, 3.8) is 0 Å². The molecule has 0 spiro atoms. The second kappa shape index (κ2) is 6.59. The average Bonchev–Trinajstić information content (AvgIpc) is 2.96. The average molecular weight is 288 g/mol. The van der Waals surface area contributed by atoms with Crippen LogP contribution in [0.4, 0.5) is 5.82 Å². The molecule has 108 valence electrons. The molecule has 1 heterocycles. The van der Waals surface area contributed by atoms with Crippen LogP contribution < -0.4 is 5.32 Å². The number of imidazole rings is 1. The van der Waals surface area contributed by atoms with Crippen LogP contribution in [0.1, 0.15) is 16.8 Å². The molecule has 4 nitrogen and oxygen atoms in total. The molecule has 0 saturated carbocycles. The number of nitrogens with zero attached hydrogens (tertiary/aromatic N) is 3. The Hall–Kier alpha value is -3.06. The molecule has 3 rings (SSSR count). The van der Waals surface area contributed by atoms with Gasteiger partial charge in [-0.05, 0) is 11.1 Å². The number of anilines is 1. The van der Waals surface area contributed by atoms with Crippen LogP contribution in [0.3, 0.4) is 0 Å². The minimum absolute atomic E-state index is 0.555. The van der Waals surface area contributed by atoms with Crippen LogP contribution in [0.15, 0.2) is 67.0 Å². The molecule has 1 N–H and O–H groups in total. The second-order valence-electron chi connectivity index (χ2n) is 5.01. The van der Waals surface area contributed by atoms with E-state index in [1.165, 1.54) is 0 Å². The van der Waals surface area contributed by atoms with Gasteiger partial charge in [-0.3, -0.25) is 0 Å². The van der Waals surface area contributed by atoms with E-state index in [2.05, 4.69) is 16.4 Å². The number of nitriles is 1. The molecule has 2 aromatic carbocycles. The first-order valence-electron chi connectivity index (χ1n) is 7.14. The van der Waals surface area contributed by atoms with Crippen molar-refractivity contribution in [3.05, 3.63) is 83.8 Å². The molecule has 0 aliphatic rings. The zero-order valence-corrected chi connectivity index (χ0v) is 12.1. The lowest BCUT2D eigenvalue weighted by Crippen LogP contribution is -2.04. The molecular weight excluding hydrogens is 272 g/mol. The van der Waals surface area contributed by atoms with Crippen LogP contribution in [0.5, 0.6) is 0 Å². The van der Waals surface area contributed by atoms with Gasteiger partial charge in [-0.15, -0.1) is 0 Å². The molecule has 0 radical (unpaired) electrons. The molecule has 0 unspecified atom stereocenters. The summed E-state index contributed by atoms with van der Waals surface area (Å²) in [7, 11) is 0. The third-order valence-electron chi connectivity index (χ3n) is 3.44. The van der Waals surface area contributed by atoms with Crippen molar-refractivity contribution in [2.24, 2.45) is 0 Å². The number of nitrogens with one attached hydrogen (secondary N) is 1. The van der Waals surface area contributed by atoms with Crippen molar-refractivity contribution in [3.8, 4) is 6.07 Å². The van der Waals surface area contributed by atoms with Gasteiger partial charge in [0.25, 0.3) is 0 Å². The first-order chi connectivity index (χ1) is 10.9. The number of aromatic nitrogens is 2. The Morgan fingerprint density at radius 3 is 2.23 bits per heavy atom. The van der Waals surface area contributed by atoms with E-state index in [1.807, 2.05) is 65.2 Å². The Morgan fingerprint density at radius 2 is 1.59 bits per heavy atom. The van der Waals surface area contributed by atoms with E-state index in [0.717, 1.165) is 11.1 Å². The van der Waals surface area contributed by atoms with E-state index >= 15 is 0 Å². The summed E-state index contributed by atoms with van der Waals surface area (Å²) in [6.07, 6.45) is 1.71. The first kappa shape index (κ1) is 13.9. The fourth-order valence-electron chi connectivity index (χ4n) is 2.31. The third-order valence-corrected chi connectivity index (χ3v) is 3.44. The van der Waals surface area contributed by atoms with Gasteiger partial charge in [0.15, 0.2) is 11.5 Å². The van der Waals surface area contributed by atoms with Crippen molar-refractivity contribution >= 4 is 5.82 Å². The zero-order valence-electron chi connectivity index (χ0n) is 12.1. The Balaban J connectivity index is 1.75. The molecule has 4 heteroatoms. The molecule has 1 aromatic heterocycles. The Kier molecular flexibility index (Phi) is 4.17. The van der Waals surface area contributed by atoms with E-state index in [1.54, 1.807) is 6.33 Å². The molecule has 0 bridgehead atoms. The largest absolute Gasteiger partial charge is 0.364 e. The maximum atomic E-state index is 9.41. The molecule has 3 aromatic rings. The lowest BCUT2D eigenvalue weighted by atomic mass is 10.2. The molecule has 0 aliphatic carbocycles. The van der Waals surface area contributed by atoms with Crippen LogP contribution >= 0.6 is 0 Å². The van der Waals surface area contributed by atoms with E-state index in [4.69, 9.17) is 0 Å². The molecular formula is C18H16N4. The molecule has 0 aliphatic heterocycles. The zero-order chi connectivity index (χ0) is 15.2. The molecule has 0 atom stereocenters. The van der Waals surface area contributed by atoms with Crippen LogP contribution in [-0.4, -0.2) is 9.55 Å². The summed E-state index contributed by atoms with van der Waals surface area (Å²) in [5.41, 5.74) is 2.86. The number of hydrogen-bond acceptors (Lipinski definition) is 3. The predicted octanol–water partition coefficient (Wildman–Crippen LogP) is 3.42. The standard InChI is InChI=1S/C18H16N4/c19-11-17-18(20-12-15-7-3-1-4-8-15)21-14-22(17)13-16-9-5-2-6-10-16/h1-10,14,20H,12-13H2. The summed E-state index contributed by atoms with van der Waals surface area (Å²) < 4.78 is 1.86. The van der Waals surface area contributed by atoms with Crippen molar-refractivity contribution < 1.29 is 0 Å². The number of rotatable bonds is 5. The highest BCUT2D eigenvalue weighted by Crippen LogP contribution is 2.15. The minimum atomic E-state index is 0.555. The lowest BCUT2D eigenvalue weighted by molar-refractivity contribution is 0.786. The van der Waals surface area contributed by atoms with Crippen LogP contribution in [0, 0.1) is 11.3 Å². The highest BCUT2D eigenvalue weighted by atomic mass is 15.1. The first-order valence-corrected chi connectivity index (χ1v) is 7.14. The van der Waals surface area contributed by atoms with Gasteiger partial charge < -0.3 is 9.88 Å². The summed E-state index contributed by atoms with van der Waals surface area (Å²) in [6, 6.07) is 22.3. The smallest absolute Gasteiger partial charge is 0.164 e. The van der Waals surface area contributed by atoms with Gasteiger partial charge in [0.2, 0.25) is 0 Å². The highest BCUT2D eigenvalue weighted by molar-refractivity contribution is 5.49. The SMILES string of the molecule is N#Cc1c(NCc2ccccc2)ncn1Cc1ccccc1. The summed E-state index contributed by atoms with van der Waals surface area (Å²) in [4.78, 5) is 4.33. The fourth-order valence-corrected chi connectivity index (χ4v) is 2.31. The van der Waals surface area contributed by atoms with Gasteiger partial charge in [-0.2, -0.15) is 5.26 Å².